The van der Waals surface area contributed by atoms with E-state index < -0.39 is 11.9 Å². The molecule has 0 aliphatic rings. The van der Waals surface area contributed by atoms with Crippen LogP contribution < -0.4 is 10.5 Å². The van der Waals surface area contributed by atoms with Gasteiger partial charge in [0.1, 0.15) is 5.75 Å². The van der Waals surface area contributed by atoms with E-state index in [-0.39, 0.29) is 12.4 Å². The molecule has 0 radical (unpaired) electrons. The predicted octanol–water partition coefficient (Wildman–Crippen LogP) is 1.75. The minimum absolute atomic E-state index is 0.352. The first-order valence-electron chi connectivity index (χ1n) is 4.51. The second-order valence-electron chi connectivity index (χ2n) is 3.65. The molecule has 0 aliphatic carbocycles. The lowest BCUT2D eigenvalue weighted by Crippen LogP contribution is -2.36. The topological polar surface area (TPSA) is 55.5 Å². The second kappa shape index (κ2) is 4.31. The van der Waals surface area contributed by atoms with Gasteiger partial charge >= 0.3 is 6.36 Å². The smallest absolute Gasteiger partial charge is 0.406 e. The summed E-state index contributed by atoms with van der Waals surface area (Å²) in [4.78, 5) is 0. The molecule has 0 aliphatic heterocycles. The van der Waals surface area contributed by atoms with Crippen molar-refractivity contribution in [3.8, 4) is 5.75 Å². The Morgan fingerprint density at radius 2 is 2.00 bits per heavy atom. The van der Waals surface area contributed by atoms with Gasteiger partial charge < -0.3 is 15.6 Å². The van der Waals surface area contributed by atoms with Crippen LogP contribution in [-0.4, -0.2) is 18.1 Å². The van der Waals surface area contributed by atoms with Crippen molar-refractivity contribution in [3.63, 3.8) is 0 Å². The Kier molecular flexibility index (Phi) is 3.44. The third-order valence-electron chi connectivity index (χ3n) is 2.06. The Morgan fingerprint density at radius 1 is 1.38 bits per heavy atom. The van der Waals surface area contributed by atoms with Gasteiger partial charge in [0.2, 0.25) is 0 Å². The SMILES string of the molecule is C[C@@](N)(CO)c1cccc(OC(F)(F)F)c1. The first-order valence-corrected chi connectivity index (χ1v) is 4.51. The molecule has 0 spiro atoms. The van der Waals surface area contributed by atoms with E-state index >= 15 is 0 Å². The maximum Gasteiger partial charge on any atom is 0.573 e. The molecular formula is C10H12F3NO2. The van der Waals surface area contributed by atoms with Crippen LogP contribution in [0.5, 0.6) is 5.75 Å². The van der Waals surface area contributed by atoms with Crippen molar-refractivity contribution in [2.24, 2.45) is 5.73 Å². The van der Waals surface area contributed by atoms with E-state index in [9.17, 15) is 13.2 Å². The highest BCUT2D eigenvalue weighted by molar-refractivity contribution is 5.33. The molecule has 0 saturated carbocycles. The van der Waals surface area contributed by atoms with Crippen molar-refractivity contribution >= 4 is 0 Å². The van der Waals surface area contributed by atoms with Crippen molar-refractivity contribution in [1.82, 2.24) is 0 Å². The summed E-state index contributed by atoms with van der Waals surface area (Å²) in [6.07, 6.45) is -4.73. The van der Waals surface area contributed by atoms with Gasteiger partial charge in [0.25, 0.3) is 0 Å². The van der Waals surface area contributed by atoms with Gasteiger partial charge in [0.05, 0.1) is 12.1 Å². The van der Waals surface area contributed by atoms with Gasteiger partial charge in [0.15, 0.2) is 0 Å². The molecule has 90 valence electrons. The molecule has 0 fully saturated rings. The van der Waals surface area contributed by atoms with E-state index in [4.69, 9.17) is 10.8 Å². The third kappa shape index (κ3) is 3.39. The summed E-state index contributed by atoms with van der Waals surface area (Å²) < 4.78 is 39.6. The summed E-state index contributed by atoms with van der Waals surface area (Å²) >= 11 is 0. The van der Waals surface area contributed by atoms with Crippen LogP contribution >= 0.6 is 0 Å². The van der Waals surface area contributed by atoms with E-state index in [1.165, 1.54) is 25.1 Å². The van der Waals surface area contributed by atoms with Gasteiger partial charge in [0, 0.05) is 0 Å². The Labute approximate surface area is 90.6 Å². The first kappa shape index (κ1) is 12.8. The van der Waals surface area contributed by atoms with Crippen LogP contribution in [0.4, 0.5) is 13.2 Å². The zero-order chi connectivity index (χ0) is 12.4. The van der Waals surface area contributed by atoms with Gasteiger partial charge in [-0.25, -0.2) is 0 Å². The molecule has 0 amide bonds. The van der Waals surface area contributed by atoms with Crippen molar-refractivity contribution < 1.29 is 23.0 Å². The molecule has 0 unspecified atom stereocenters. The van der Waals surface area contributed by atoms with Crippen LogP contribution in [0, 0.1) is 0 Å². The first-order chi connectivity index (χ1) is 7.24. The van der Waals surface area contributed by atoms with Gasteiger partial charge in [-0.1, -0.05) is 12.1 Å². The van der Waals surface area contributed by atoms with Crippen LogP contribution in [0.3, 0.4) is 0 Å². The quantitative estimate of drug-likeness (QED) is 0.839. The molecule has 0 heterocycles. The summed E-state index contributed by atoms with van der Waals surface area (Å²) in [5, 5.41) is 8.98. The van der Waals surface area contributed by atoms with E-state index in [2.05, 4.69) is 4.74 Å². The van der Waals surface area contributed by atoms with Crippen molar-refractivity contribution in [1.29, 1.82) is 0 Å². The zero-order valence-electron chi connectivity index (χ0n) is 8.58. The van der Waals surface area contributed by atoms with Gasteiger partial charge in [-0.05, 0) is 24.6 Å². The molecule has 0 aromatic heterocycles. The summed E-state index contributed by atoms with van der Waals surface area (Å²) in [5.41, 5.74) is 4.96. The highest BCUT2D eigenvalue weighted by Crippen LogP contribution is 2.26. The lowest BCUT2D eigenvalue weighted by Gasteiger charge is -2.22. The Bertz CT molecular complexity index is 363. The zero-order valence-corrected chi connectivity index (χ0v) is 8.58. The lowest BCUT2D eigenvalue weighted by atomic mass is 9.94. The number of ether oxygens (including phenoxy) is 1. The van der Waals surface area contributed by atoms with E-state index in [0.29, 0.717) is 5.56 Å². The summed E-state index contributed by atoms with van der Waals surface area (Å²) in [6, 6.07) is 5.24. The van der Waals surface area contributed by atoms with Crippen molar-refractivity contribution in [2.45, 2.75) is 18.8 Å². The second-order valence-corrected chi connectivity index (χ2v) is 3.65. The van der Waals surface area contributed by atoms with Crippen LogP contribution in [0.15, 0.2) is 24.3 Å². The normalized spacial score (nSPS) is 15.6. The molecule has 3 N–H and O–H groups in total. The van der Waals surface area contributed by atoms with Crippen LogP contribution in [-0.2, 0) is 5.54 Å². The predicted molar refractivity (Wildman–Crippen MR) is 51.8 cm³/mol. The van der Waals surface area contributed by atoms with Crippen molar-refractivity contribution in [3.05, 3.63) is 29.8 Å². The number of nitrogens with two attached hydrogens (primary N) is 1. The number of benzene rings is 1. The molecular weight excluding hydrogens is 223 g/mol. The third-order valence-corrected chi connectivity index (χ3v) is 2.06. The number of hydrogen-bond donors (Lipinski definition) is 2. The molecule has 6 heteroatoms. The van der Waals surface area contributed by atoms with Gasteiger partial charge in [-0.15, -0.1) is 13.2 Å². The van der Waals surface area contributed by atoms with Gasteiger partial charge in [-0.3, -0.25) is 0 Å². The molecule has 0 saturated heterocycles. The number of rotatable bonds is 3. The summed E-state index contributed by atoms with van der Waals surface area (Å²) in [6.45, 7) is 1.14. The highest BCUT2D eigenvalue weighted by Gasteiger charge is 2.31. The molecule has 3 nitrogen and oxygen atoms in total. The minimum atomic E-state index is -4.73. The van der Waals surface area contributed by atoms with Crippen LogP contribution in [0.25, 0.3) is 0 Å². The monoisotopic (exact) mass is 235 g/mol. The largest absolute Gasteiger partial charge is 0.573 e. The standard InChI is InChI=1S/C10H12F3NO2/c1-9(14,6-15)7-3-2-4-8(5-7)16-10(11,12)13/h2-5,15H,6,14H2,1H3/t9-/m1/s1. The highest BCUT2D eigenvalue weighted by atomic mass is 19.4. The number of halogens is 3. The lowest BCUT2D eigenvalue weighted by molar-refractivity contribution is -0.274. The molecule has 1 aromatic rings. The Morgan fingerprint density at radius 3 is 2.50 bits per heavy atom. The van der Waals surface area contributed by atoms with Crippen LogP contribution in [0.2, 0.25) is 0 Å². The Hall–Kier alpha value is -1.27. The number of alkyl halides is 3. The van der Waals surface area contributed by atoms with Gasteiger partial charge in [-0.2, -0.15) is 0 Å². The minimum Gasteiger partial charge on any atom is -0.406 e. The fourth-order valence-electron chi connectivity index (χ4n) is 1.14. The van der Waals surface area contributed by atoms with E-state index in [1.807, 2.05) is 0 Å². The van der Waals surface area contributed by atoms with E-state index in [1.54, 1.807) is 0 Å². The number of aliphatic hydroxyl groups is 1. The Balaban J connectivity index is 2.96. The molecule has 1 atom stereocenters. The average molecular weight is 235 g/mol. The maximum atomic E-state index is 11.9. The summed E-state index contributed by atoms with van der Waals surface area (Å²) in [7, 11) is 0. The maximum absolute atomic E-state index is 11.9. The molecule has 1 rings (SSSR count). The fraction of sp³-hybridized carbons (Fsp3) is 0.400. The number of hydrogen-bond acceptors (Lipinski definition) is 3. The molecule has 16 heavy (non-hydrogen) atoms. The number of aliphatic hydroxyl groups excluding tert-OH is 1. The summed E-state index contributed by atoms with van der Waals surface area (Å²) in [5.74, 6) is -0.352. The molecule has 0 bridgehead atoms. The van der Waals surface area contributed by atoms with E-state index in [0.717, 1.165) is 6.07 Å². The fourth-order valence-corrected chi connectivity index (χ4v) is 1.14. The average Bonchev–Trinajstić information content (AvgIpc) is 2.15. The molecule has 1 aromatic carbocycles. The van der Waals surface area contributed by atoms with Crippen molar-refractivity contribution in [2.75, 3.05) is 6.61 Å². The van der Waals surface area contributed by atoms with Crippen LogP contribution in [0.1, 0.15) is 12.5 Å².